The van der Waals surface area contributed by atoms with Crippen LogP contribution in [0.1, 0.15) is 84.0 Å². The quantitative estimate of drug-likeness (QED) is 0.414. The Labute approximate surface area is 148 Å². The highest BCUT2D eigenvalue weighted by molar-refractivity contribution is 5.80. The summed E-state index contributed by atoms with van der Waals surface area (Å²) in [5.41, 5.74) is 0. The van der Waals surface area contributed by atoms with Gasteiger partial charge in [-0.25, -0.2) is 4.79 Å². The van der Waals surface area contributed by atoms with Gasteiger partial charge in [-0.1, -0.05) is 63.7 Å². The second-order valence-electron chi connectivity index (χ2n) is 8.05. The summed E-state index contributed by atoms with van der Waals surface area (Å²) in [6.07, 6.45) is 23.7. The third kappa shape index (κ3) is 6.83. The van der Waals surface area contributed by atoms with Crippen molar-refractivity contribution >= 4 is 5.97 Å². The van der Waals surface area contributed by atoms with Gasteiger partial charge < -0.3 is 5.11 Å². The van der Waals surface area contributed by atoms with Crippen molar-refractivity contribution in [3.63, 3.8) is 0 Å². The van der Waals surface area contributed by atoms with E-state index in [1.807, 2.05) is 6.08 Å². The van der Waals surface area contributed by atoms with Crippen LogP contribution in [0, 0.1) is 23.7 Å². The Morgan fingerprint density at radius 1 is 0.875 bits per heavy atom. The van der Waals surface area contributed by atoms with Crippen LogP contribution in [0.2, 0.25) is 0 Å². The largest absolute Gasteiger partial charge is 0.478 e. The predicted octanol–water partition coefficient (Wildman–Crippen LogP) is 6.38. The molecule has 0 unspecified atom stereocenters. The van der Waals surface area contributed by atoms with Gasteiger partial charge in [-0.15, -0.1) is 0 Å². The number of rotatable bonds is 8. The van der Waals surface area contributed by atoms with Crippen LogP contribution in [0.15, 0.2) is 24.3 Å². The lowest BCUT2D eigenvalue weighted by atomic mass is 9.68. The van der Waals surface area contributed by atoms with E-state index in [-0.39, 0.29) is 0 Å². The lowest BCUT2D eigenvalue weighted by Crippen LogP contribution is -2.25. The summed E-state index contributed by atoms with van der Waals surface area (Å²) < 4.78 is 0. The third-order valence-corrected chi connectivity index (χ3v) is 6.37. The number of hydrogen-bond acceptors (Lipinski definition) is 1. The van der Waals surface area contributed by atoms with Gasteiger partial charge in [0.2, 0.25) is 0 Å². The fourth-order valence-corrected chi connectivity index (χ4v) is 4.95. The molecule has 0 atom stereocenters. The van der Waals surface area contributed by atoms with Crippen molar-refractivity contribution in [3.8, 4) is 0 Å². The molecule has 136 valence electrons. The lowest BCUT2D eigenvalue weighted by Gasteiger charge is -2.38. The van der Waals surface area contributed by atoms with E-state index in [1.54, 1.807) is 6.08 Å². The Morgan fingerprint density at radius 3 is 1.92 bits per heavy atom. The molecule has 0 aliphatic heterocycles. The van der Waals surface area contributed by atoms with Gasteiger partial charge in [0.15, 0.2) is 0 Å². The van der Waals surface area contributed by atoms with Crippen molar-refractivity contribution in [1.82, 2.24) is 0 Å². The van der Waals surface area contributed by atoms with Gasteiger partial charge in [-0.3, -0.25) is 0 Å². The first-order valence-corrected chi connectivity index (χ1v) is 10.2. The summed E-state index contributed by atoms with van der Waals surface area (Å²) in [6, 6.07) is 0. The monoisotopic (exact) mass is 332 g/mol. The molecule has 0 amide bonds. The SMILES string of the molecule is CCC[C@H]1CC[C@H]([C@H]2CC[C@H](CC/C=C/C=C/C(=O)O)CC2)CC1. The predicted molar refractivity (Wildman–Crippen MR) is 101 cm³/mol. The van der Waals surface area contributed by atoms with Gasteiger partial charge in [-0.05, 0) is 62.2 Å². The third-order valence-electron chi connectivity index (χ3n) is 6.37. The number of carboxylic acids is 1. The van der Waals surface area contributed by atoms with Gasteiger partial charge in [0, 0.05) is 6.08 Å². The fraction of sp³-hybridized carbons (Fsp3) is 0.773. The van der Waals surface area contributed by atoms with Gasteiger partial charge in [-0.2, -0.15) is 0 Å². The Kier molecular flexibility index (Phi) is 8.63. The molecule has 2 heteroatoms. The van der Waals surface area contributed by atoms with Gasteiger partial charge >= 0.3 is 5.97 Å². The topological polar surface area (TPSA) is 37.3 Å². The highest BCUT2D eigenvalue weighted by atomic mass is 16.4. The first-order valence-electron chi connectivity index (χ1n) is 10.2. The van der Waals surface area contributed by atoms with Gasteiger partial charge in [0.1, 0.15) is 0 Å². The number of hydrogen-bond donors (Lipinski definition) is 1. The van der Waals surface area contributed by atoms with Gasteiger partial charge in [0.05, 0.1) is 0 Å². The second kappa shape index (κ2) is 10.7. The van der Waals surface area contributed by atoms with Crippen molar-refractivity contribution in [2.45, 2.75) is 84.0 Å². The maximum Gasteiger partial charge on any atom is 0.328 e. The average molecular weight is 333 g/mol. The summed E-state index contributed by atoms with van der Waals surface area (Å²) in [4.78, 5) is 10.4. The Bertz CT molecular complexity index is 408. The van der Waals surface area contributed by atoms with Crippen molar-refractivity contribution in [2.24, 2.45) is 23.7 Å². The van der Waals surface area contributed by atoms with Crippen LogP contribution in [-0.4, -0.2) is 11.1 Å². The summed E-state index contributed by atoms with van der Waals surface area (Å²) in [5, 5.41) is 8.53. The molecule has 2 saturated carbocycles. The van der Waals surface area contributed by atoms with E-state index in [4.69, 9.17) is 5.11 Å². The lowest BCUT2D eigenvalue weighted by molar-refractivity contribution is -0.131. The standard InChI is InChI=1S/C22H36O2/c1-2-7-18-10-14-20(15-11-18)21-16-12-19(13-17-21)8-5-3-4-6-9-22(23)24/h3-4,6,9,18-21H,2,5,7-8,10-17H2,1H3,(H,23,24)/b4-3+,9-6+/t18-,19-,20-,21-. The van der Waals surface area contributed by atoms with Gasteiger partial charge in [0.25, 0.3) is 0 Å². The van der Waals surface area contributed by atoms with E-state index >= 15 is 0 Å². The van der Waals surface area contributed by atoms with Crippen LogP contribution in [0.5, 0.6) is 0 Å². The maximum absolute atomic E-state index is 10.4. The molecule has 24 heavy (non-hydrogen) atoms. The van der Waals surface area contributed by atoms with E-state index in [0.717, 1.165) is 30.1 Å². The van der Waals surface area contributed by atoms with Crippen LogP contribution in [0.25, 0.3) is 0 Å². The highest BCUT2D eigenvalue weighted by Crippen LogP contribution is 2.42. The minimum absolute atomic E-state index is 0.873. The second-order valence-corrected chi connectivity index (χ2v) is 8.05. The summed E-state index contributed by atoms with van der Waals surface area (Å²) in [6.45, 7) is 2.32. The molecule has 0 saturated heterocycles. The smallest absolute Gasteiger partial charge is 0.328 e. The van der Waals surface area contributed by atoms with E-state index in [0.29, 0.717) is 0 Å². The molecule has 2 aliphatic carbocycles. The molecule has 2 fully saturated rings. The van der Waals surface area contributed by atoms with Crippen LogP contribution in [-0.2, 0) is 4.79 Å². The van der Waals surface area contributed by atoms with Crippen molar-refractivity contribution in [2.75, 3.05) is 0 Å². The minimum Gasteiger partial charge on any atom is -0.478 e. The molecule has 2 nitrogen and oxygen atoms in total. The minimum atomic E-state index is -0.873. The zero-order chi connectivity index (χ0) is 17.2. The van der Waals surface area contributed by atoms with Crippen molar-refractivity contribution in [3.05, 3.63) is 24.3 Å². The summed E-state index contributed by atoms with van der Waals surface area (Å²) in [7, 11) is 0. The number of aliphatic carboxylic acids is 1. The first-order chi connectivity index (χ1) is 11.7. The zero-order valence-electron chi connectivity index (χ0n) is 15.5. The summed E-state index contributed by atoms with van der Waals surface area (Å²) in [5.74, 6) is 3.09. The average Bonchev–Trinajstić information content (AvgIpc) is 2.59. The molecule has 0 radical (unpaired) electrons. The maximum atomic E-state index is 10.4. The Morgan fingerprint density at radius 2 is 1.42 bits per heavy atom. The van der Waals surface area contributed by atoms with Crippen LogP contribution < -0.4 is 0 Å². The van der Waals surface area contributed by atoms with E-state index < -0.39 is 5.97 Å². The van der Waals surface area contributed by atoms with E-state index in [2.05, 4.69) is 13.0 Å². The number of allylic oxidation sites excluding steroid dienone is 3. The Balaban J connectivity index is 1.59. The number of carbonyl (C=O) groups is 1. The molecule has 0 spiro atoms. The molecule has 1 N–H and O–H groups in total. The van der Waals surface area contributed by atoms with Crippen LogP contribution in [0.3, 0.4) is 0 Å². The molecule has 0 aromatic carbocycles. The first kappa shape index (κ1) is 19.3. The fourth-order valence-electron chi connectivity index (χ4n) is 4.95. The zero-order valence-corrected chi connectivity index (χ0v) is 15.5. The number of carboxylic acid groups (broad SMARTS) is 1. The molecule has 0 aromatic rings. The van der Waals surface area contributed by atoms with E-state index in [9.17, 15) is 4.79 Å². The highest BCUT2D eigenvalue weighted by Gasteiger charge is 2.30. The van der Waals surface area contributed by atoms with E-state index in [1.165, 1.54) is 76.7 Å². The molecule has 2 rings (SSSR count). The normalized spacial score (nSPS) is 31.7. The Hall–Kier alpha value is -1.05. The van der Waals surface area contributed by atoms with Crippen LogP contribution >= 0.6 is 0 Å². The van der Waals surface area contributed by atoms with Crippen LogP contribution in [0.4, 0.5) is 0 Å². The molecule has 0 heterocycles. The molecular weight excluding hydrogens is 296 g/mol. The molecule has 0 bridgehead atoms. The molecule has 0 aromatic heterocycles. The molecular formula is C22H36O2. The molecule has 2 aliphatic rings. The van der Waals surface area contributed by atoms with Crippen molar-refractivity contribution in [1.29, 1.82) is 0 Å². The van der Waals surface area contributed by atoms with Crippen molar-refractivity contribution < 1.29 is 9.90 Å². The summed E-state index contributed by atoms with van der Waals surface area (Å²) >= 11 is 0.